The summed E-state index contributed by atoms with van der Waals surface area (Å²) in [5.41, 5.74) is 5.03. The van der Waals surface area contributed by atoms with E-state index in [9.17, 15) is 5.11 Å². The molecule has 0 bridgehead atoms. The zero-order valence-corrected chi connectivity index (χ0v) is 18.4. The van der Waals surface area contributed by atoms with Crippen LogP contribution in [0.4, 0.5) is 5.82 Å². The number of nitrogens with zero attached hydrogens (tertiary/aromatic N) is 4. The van der Waals surface area contributed by atoms with Gasteiger partial charge in [0, 0.05) is 43.2 Å². The smallest absolute Gasteiger partial charge is 0.192 e. The van der Waals surface area contributed by atoms with Crippen LogP contribution in [-0.2, 0) is 0 Å². The van der Waals surface area contributed by atoms with Crippen LogP contribution in [0.1, 0.15) is 37.1 Å². The van der Waals surface area contributed by atoms with E-state index in [1.807, 2.05) is 31.2 Å². The molecular weight excluding hydrogens is 402 g/mol. The minimum atomic E-state index is 0.185. The Hall–Kier alpha value is -3.19. The van der Waals surface area contributed by atoms with Gasteiger partial charge in [0.1, 0.15) is 17.1 Å². The second-order valence-electron chi connectivity index (χ2n) is 9.11. The summed E-state index contributed by atoms with van der Waals surface area (Å²) >= 11 is 0. The maximum atomic E-state index is 10.8. The van der Waals surface area contributed by atoms with Gasteiger partial charge in [-0.25, -0.2) is 15.0 Å². The molecule has 3 aromatic heterocycles. The first-order chi connectivity index (χ1) is 15.5. The molecule has 2 aliphatic rings. The molecule has 0 amide bonds. The fourth-order valence-corrected chi connectivity index (χ4v) is 4.86. The third-order valence-corrected chi connectivity index (χ3v) is 6.89. The highest BCUT2D eigenvalue weighted by Crippen LogP contribution is 2.37. The Morgan fingerprint density at radius 2 is 1.81 bits per heavy atom. The van der Waals surface area contributed by atoms with E-state index in [0.29, 0.717) is 45.9 Å². The lowest BCUT2D eigenvalue weighted by Gasteiger charge is -2.30. The topological polar surface area (TPSA) is 87.3 Å². The van der Waals surface area contributed by atoms with Gasteiger partial charge in [0.2, 0.25) is 0 Å². The third-order valence-electron chi connectivity index (χ3n) is 6.89. The zero-order chi connectivity index (χ0) is 21.8. The van der Waals surface area contributed by atoms with E-state index in [0.717, 1.165) is 36.4 Å². The van der Waals surface area contributed by atoms with Crippen LogP contribution in [-0.4, -0.2) is 45.2 Å². The van der Waals surface area contributed by atoms with Crippen LogP contribution < -0.4 is 10.2 Å². The molecule has 0 spiro atoms. The van der Waals surface area contributed by atoms with Crippen molar-refractivity contribution in [2.75, 3.05) is 18.0 Å². The van der Waals surface area contributed by atoms with Gasteiger partial charge in [-0.15, -0.1) is 0 Å². The predicted octanol–water partition coefficient (Wildman–Crippen LogP) is 4.48. The van der Waals surface area contributed by atoms with Crippen molar-refractivity contribution in [1.82, 2.24) is 20.3 Å². The highest BCUT2D eigenvalue weighted by atomic mass is 16.3. The van der Waals surface area contributed by atoms with Crippen LogP contribution in [0.2, 0.25) is 0 Å². The number of aromatic nitrogens is 3. The molecule has 7 heteroatoms. The van der Waals surface area contributed by atoms with E-state index in [1.54, 1.807) is 6.92 Å². The van der Waals surface area contributed by atoms with Crippen molar-refractivity contribution >= 4 is 28.0 Å². The van der Waals surface area contributed by atoms with E-state index < -0.39 is 0 Å². The molecule has 4 aromatic rings. The molecule has 2 N–H and O–H groups in total. The van der Waals surface area contributed by atoms with E-state index in [1.165, 1.54) is 19.3 Å². The first kappa shape index (κ1) is 19.5. The first-order valence-electron chi connectivity index (χ1n) is 11.4. The fraction of sp³-hybridized carbons (Fsp3) is 0.400. The fourth-order valence-electron chi connectivity index (χ4n) is 4.86. The summed E-state index contributed by atoms with van der Waals surface area (Å²) in [4.78, 5) is 16.4. The molecule has 1 aliphatic carbocycles. The largest absolute Gasteiger partial charge is 0.507 e. The van der Waals surface area contributed by atoms with Gasteiger partial charge in [-0.05, 0) is 56.5 Å². The van der Waals surface area contributed by atoms with Gasteiger partial charge in [0.15, 0.2) is 11.5 Å². The minimum Gasteiger partial charge on any atom is -0.507 e. The summed E-state index contributed by atoms with van der Waals surface area (Å²) < 4.78 is 5.70. The van der Waals surface area contributed by atoms with Crippen LogP contribution >= 0.6 is 0 Å². The van der Waals surface area contributed by atoms with Crippen molar-refractivity contribution in [2.24, 2.45) is 0 Å². The van der Waals surface area contributed by atoms with E-state index >= 15 is 0 Å². The Morgan fingerprint density at radius 1 is 1.00 bits per heavy atom. The number of benzene rings is 1. The number of phenols is 1. The number of fused-ring (bicyclic) bond motifs is 2. The summed E-state index contributed by atoms with van der Waals surface area (Å²) in [6.07, 6.45) is 5.15. The molecular formula is C25H27N5O2. The van der Waals surface area contributed by atoms with Crippen LogP contribution in [0.15, 0.2) is 34.7 Å². The van der Waals surface area contributed by atoms with Crippen molar-refractivity contribution in [3.05, 3.63) is 41.8 Å². The van der Waals surface area contributed by atoms with Crippen LogP contribution in [0.25, 0.3) is 33.4 Å². The number of phenolic OH excluding ortho intramolecular Hbond substituents is 1. The lowest BCUT2D eigenvalue weighted by molar-refractivity contribution is 0.311. The van der Waals surface area contributed by atoms with Crippen molar-refractivity contribution in [2.45, 2.75) is 51.6 Å². The lowest BCUT2D eigenvalue weighted by atomic mass is 9.92. The highest BCUT2D eigenvalue weighted by molar-refractivity contribution is 5.89. The molecule has 164 valence electrons. The summed E-state index contributed by atoms with van der Waals surface area (Å²) in [5.74, 6) is 1.77. The molecule has 1 unspecified atom stereocenters. The van der Waals surface area contributed by atoms with Gasteiger partial charge in [-0.1, -0.05) is 6.42 Å². The second-order valence-corrected chi connectivity index (χ2v) is 9.11. The van der Waals surface area contributed by atoms with Crippen molar-refractivity contribution in [1.29, 1.82) is 0 Å². The molecule has 1 aromatic carbocycles. The zero-order valence-electron chi connectivity index (χ0n) is 18.4. The Kier molecular flexibility index (Phi) is 4.54. The third kappa shape index (κ3) is 3.28. The minimum absolute atomic E-state index is 0.185. The molecule has 0 radical (unpaired) electrons. The first-order valence-corrected chi connectivity index (χ1v) is 11.4. The van der Waals surface area contributed by atoms with Crippen LogP contribution in [0.5, 0.6) is 5.75 Å². The maximum Gasteiger partial charge on any atom is 0.192 e. The number of oxazole rings is 1. The summed E-state index contributed by atoms with van der Waals surface area (Å²) in [6, 6.07) is 11.0. The van der Waals surface area contributed by atoms with Gasteiger partial charge in [0.05, 0.1) is 16.7 Å². The lowest BCUT2D eigenvalue weighted by Crippen LogP contribution is -2.43. The maximum absolute atomic E-state index is 10.8. The normalized spacial score (nSPS) is 19.2. The Labute approximate surface area is 186 Å². The van der Waals surface area contributed by atoms with Crippen molar-refractivity contribution in [3.8, 4) is 17.0 Å². The molecule has 2 fully saturated rings. The Morgan fingerprint density at radius 3 is 2.62 bits per heavy atom. The molecule has 1 atom stereocenters. The monoisotopic (exact) mass is 429 g/mol. The van der Waals surface area contributed by atoms with E-state index in [2.05, 4.69) is 21.3 Å². The average molecular weight is 430 g/mol. The molecule has 4 heterocycles. The molecule has 1 saturated heterocycles. The molecule has 7 nitrogen and oxygen atoms in total. The van der Waals surface area contributed by atoms with E-state index in [4.69, 9.17) is 14.4 Å². The number of hydrogen-bond acceptors (Lipinski definition) is 7. The average Bonchev–Trinajstić information content (AvgIpc) is 3.39. The van der Waals surface area contributed by atoms with Gasteiger partial charge in [0.25, 0.3) is 0 Å². The van der Waals surface area contributed by atoms with Crippen LogP contribution in [0, 0.1) is 13.8 Å². The number of rotatable bonds is 4. The summed E-state index contributed by atoms with van der Waals surface area (Å²) in [7, 11) is 0. The van der Waals surface area contributed by atoms with E-state index in [-0.39, 0.29) is 5.75 Å². The number of aromatic hydroxyl groups is 1. The molecule has 32 heavy (non-hydrogen) atoms. The van der Waals surface area contributed by atoms with Gasteiger partial charge in [-0.2, -0.15) is 0 Å². The predicted molar refractivity (Wildman–Crippen MR) is 125 cm³/mol. The Balaban J connectivity index is 1.29. The van der Waals surface area contributed by atoms with Crippen molar-refractivity contribution < 1.29 is 9.52 Å². The van der Waals surface area contributed by atoms with Crippen LogP contribution in [0.3, 0.4) is 0 Å². The van der Waals surface area contributed by atoms with Crippen molar-refractivity contribution in [3.63, 3.8) is 0 Å². The SMILES string of the molecule is Cc1nc2c(C)c(O)c(-c3ccc4nc(N5CCC(NC6CCC6)C5)ccc4n3)cc2o1. The molecule has 6 rings (SSSR count). The van der Waals surface area contributed by atoms with Gasteiger partial charge < -0.3 is 19.7 Å². The Bertz CT molecular complexity index is 1330. The van der Waals surface area contributed by atoms with Gasteiger partial charge in [-0.3, -0.25) is 0 Å². The molecule has 1 aliphatic heterocycles. The number of pyridine rings is 2. The number of hydrogen-bond donors (Lipinski definition) is 2. The number of anilines is 1. The highest BCUT2D eigenvalue weighted by Gasteiger charge is 2.27. The quantitative estimate of drug-likeness (QED) is 0.494. The standard InChI is InChI=1S/C25H27N5O2/c1-14-24-22(32-15(2)26-24)12-18(25(14)31)19-6-7-21-20(28-19)8-9-23(29-21)30-11-10-17(13-30)27-16-4-3-5-16/h6-9,12,16-17,27,31H,3-5,10-11,13H2,1-2H3. The second kappa shape index (κ2) is 7.45. The molecule has 1 saturated carbocycles. The number of nitrogens with one attached hydrogen (secondary N) is 1. The summed E-state index contributed by atoms with van der Waals surface area (Å²) in [6.45, 7) is 5.68. The summed E-state index contributed by atoms with van der Waals surface area (Å²) in [5, 5.41) is 14.6. The number of aryl methyl sites for hydroxylation is 2. The van der Waals surface area contributed by atoms with Gasteiger partial charge >= 0.3 is 0 Å².